The molecule has 0 aliphatic heterocycles. The summed E-state index contributed by atoms with van der Waals surface area (Å²) in [5, 5.41) is 8.99. The zero-order valence-electron chi connectivity index (χ0n) is 16.5. The van der Waals surface area contributed by atoms with Crippen LogP contribution >= 0.6 is 10.2 Å². The fourth-order valence-corrected chi connectivity index (χ4v) is 4.01. The van der Waals surface area contributed by atoms with Gasteiger partial charge in [-0.3, -0.25) is 0 Å². The minimum atomic E-state index is -9.97. The van der Waals surface area contributed by atoms with Gasteiger partial charge in [0.1, 0.15) is 4.90 Å². The van der Waals surface area contributed by atoms with E-state index in [1.165, 1.54) is 0 Å². The van der Waals surface area contributed by atoms with Crippen LogP contribution in [0.25, 0.3) is 33.3 Å². The molecular formula is C23H16F5NO2S. The predicted molar refractivity (Wildman–Crippen MR) is 116 cm³/mol. The molecule has 0 saturated carbocycles. The van der Waals surface area contributed by atoms with Crippen molar-refractivity contribution in [1.29, 1.82) is 0 Å². The predicted octanol–water partition coefficient (Wildman–Crippen LogP) is 8.23. The zero-order chi connectivity index (χ0) is 23.4. The van der Waals surface area contributed by atoms with Gasteiger partial charge >= 0.3 is 16.2 Å². The number of nitrogens with zero attached hydrogens (tertiary/aromatic N) is 1. The van der Waals surface area contributed by atoms with E-state index in [0.29, 0.717) is 5.56 Å². The second-order valence-electron chi connectivity index (χ2n) is 7.45. The van der Waals surface area contributed by atoms with Crippen LogP contribution < -0.4 is 0 Å². The van der Waals surface area contributed by atoms with Crippen molar-refractivity contribution >= 4 is 27.1 Å². The van der Waals surface area contributed by atoms with Crippen molar-refractivity contribution in [2.24, 2.45) is 0 Å². The number of halogens is 5. The van der Waals surface area contributed by atoms with Gasteiger partial charge in [-0.25, -0.2) is 9.78 Å². The van der Waals surface area contributed by atoms with Crippen LogP contribution in [0, 0.1) is 6.92 Å². The largest absolute Gasteiger partial charge is 0.478 e. The minimum Gasteiger partial charge on any atom is -0.478 e. The first-order valence-corrected chi connectivity index (χ1v) is 11.3. The Bertz CT molecular complexity index is 1370. The smallest absolute Gasteiger partial charge is 0.336 e. The molecule has 1 N–H and O–H groups in total. The number of hydrogen-bond donors (Lipinski definition) is 1. The molecule has 0 unspecified atom stereocenters. The molecule has 0 aliphatic rings. The van der Waals surface area contributed by atoms with Crippen molar-refractivity contribution in [3.63, 3.8) is 0 Å². The molecule has 0 saturated heterocycles. The van der Waals surface area contributed by atoms with Crippen LogP contribution in [0.4, 0.5) is 19.4 Å². The Balaban J connectivity index is 1.82. The molecule has 32 heavy (non-hydrogen) atoms. The van der Waals surface area contributed by atoms with Crippen LogP contribution in [0.3, 0.4) is 0 Å². The molecule has 0 fully saturated rings. The Hall–Kier alpha value is -3.46. The Labute approximate surface area is 179 Å². The van der Waals surface area contributed by atoms with Gasteiger partial charge < -0.3 is 5.11 Å². The van der Waals surface area contributed by atoms with Gasteiger partial charge in [-0.2, -0.15) is 0 Å². The highest BCUT2D eigenvalue weighted by atomic mass is 32.5. The van der Waals surface area contributed by atoms with Crippen LogP contribution in [-0.4, -0.2) is 16.1 Å². The summed E-state index contributed by atoms with van der Waals surface area (Å²) in [4.78, 5) is 13.8. The fourth-order valence-electron chi connectivity index (χ4n) is 3.35. The third-order valence-corrected chi connectivity index (χ3v) is 6.17. The van der Waals surface area contributed by atoms with Gasteiger partial charge in [-0.1, -0.05) is 73.5 Å². The van der Waals surface area contributed by atoms with E-state index in [-0.39, 0.29) is 23.3 Å². The third-order valence-electron chi connectivity index (χ3n) is 5.02. The van der Waals surface area contributed by atoms with Crippen LogP contribution in [0.15, 0.2) is 77.7 Å². The van der Waals surface area contributed by atoms with Gasteiger partial charge in [0, 0.05) is 10.9 Å². The summed E-state index contributed by atoms with van der Waals surface area (Å²) in [5.41, 5.74) is 3.05. The second-order valence-corrected chi connectivity index (χ2v) is 9.86. The average Bonchev–Trinajstić information content (AvgIpc) is 2.71. The quantitative estimate of drug-likeness (QED) is 0.309. The molecular weight excluding hydrogens is 449 g/mol. The van der Waals surface area contributed by atoms with Crippen molar-refractivity contribution in [3.8, 4) is 22.4 Å². The summed E-state index contributed by atoms with van der Waals surface area (Å²) in [6.07, 6.45) is 0. The van der Waals surface area contributed by atoms with Crippen molar-refractivity contribution in [1.82, 2.24) is 4.98 Å². The first kappa shape index (κ1) is 21.8. The number of aryl methyl sites for hydroxylation is 1. The van der Waals surface area contributed by atoms with Crippen molar-refractivity contribution in [3.05, 3.63) is 83.9 Å². The number of aromatic nitrogens is 1. The van der Waals surface area contributed by atoms with Crippen LogP contribution in [0.2, 0.25) is 0 Å². The molecule has 4 aromatic rings. The SMILES string of the molecule is Cc1ccc(-c2ccc(-c3cc(C(=O)O)c4cc(S(F)(F)(F)(F)F)ccc4n3)cc2)cc1. The lowest BCUT2D eigenvalue weighted by Crippen LogP contribution is -2.07. The van der Waals surface area contributed by atoms with Gasteiger partial charge in [-0.05, 0) is 42.3 Å². The zero-order valence-corrected chi connectivity index (χ0v) is 17.3. The Kier molecular flexibility index (Phi) is 4.43. The fraction of sp³-hybridized carbons (Fsp3) is 0.0435. The molecule has 4 rings (SSSR count). The highest BCUT2D eigenvalue weighted by molar-refractivity contribution is 8.45. The maximum absolute atomic E-state index is 13.2. The minimum absolute atomic E-state index is 0.131. The molecule has 0 atom stereocenters. The molecule has 1 aromatic heterocycles. The number of hydrogen-bond acceptors (Lipinski definition) is 2. The number of aromatic carboxylic acids is 1. The van der Waals surface area contributed by atoms with E-state index in [1.807, 2.05) is 43.3 Å². The standard InChI is InChI=1S/C23H16F5NO2S/c1-14-2-4-15(5-3-14)16-6-8-17(9-7-16)22-13-20(23(30)31)19-12-18(10-11-21(19)29-22)32(24,25,26,27)28/h2-13H,1H3,(H,30,31). The van der Waals surface area contributed by atoms with Gasteiger partial charge in [0.2, 0.25) is 0 Å². The van der Waals surface area contributed by atoms with Crippen molar-refractivity contribution < 1.29 is 29.3 Å². The molecule has 0 bridgehead atoms. The van der Waals surface area contributed by atoms with Gasteiger partial charge in [0.15, 0.2) is 0 Å². The molecule has 1 heterocycles. The topological polar surface area (TPSA) is 50.2 Å². The Morgan fingerprint density at radius 2 is 1.31 bits per heavy atom. The van der Waals surface area contributed by atoms with E-state index in [2.05, 4.69) is 4.98 Å². The van der Waals surface area contributed by atoms with Crippen molar-refractivity contribution in [2.45, 2.75) is 11.8 Å². The highest BCUT2D eigenvalue weighted by Crippen LogP contribution is 3.02. The van der Waals surface area contributed by atoms with E-state index in [4.69, 9.17) is 0 Å². The molecule has 166 valence electrons. The maximum Gasteiger partial charge on any atom is 0.336 e. The summed E-state index contributed by atoms with van der Waals surface area (Å²) >= 11 is 0. The van der Waals surface area contributed by atoms with E-state index >= 15 is 0 Å². The lowest BCUT2D eigenvalue weighted by Gasteiger charge is -2.40. The van der Waals surface area contributed by atoms with Crippen LogP contribution in [0.5, 0.6) is 0 Å². The van der Waals surface area contributed by atoms with Gasteiger partial charge in [-0.15, -0.1) is 0 Å². The molecule has 3 aromatic carbocycles. The summed E-state index contributed by atoms with van der Waals surface area (Å²) in [5.74, 6) is -1.55. The lowest BCUT2D eigenvalue weighted by atomic mass is 10.00. The molecule has 0 spiro atoms. The summed E-state index contributed by atoms with van der Waals surface area (Å²) in [6.45, 7) is 1.97. The second kappa shape index (κ2) is 6.52. The number of pyridine rings is 1. The normalized spacial score (nSPS) is 14.1. The summed E-state index contributed by atoms with van der Waals surface area (Å²) in [7, 11) is -9.97. The first-order chi connectivity index (χ1) is 14.7. The van der Waals surface area contributed by atoms with Crippen LogP contribution in [0.1, 0.15) is 15.9 Å². The number of benzene rings is 3. The summed E-state index contributed by atoms with van der Waals surface area (Å²) in [6, 6.07) is 17.1. The molecule has 0 amide bonds. The number of carboxylic acid groups (broad SMARTS) is 1. The molecule has 0 radical (unpaired) electrons. The Morgan fingerprint density at radius 3 is 1.84 bits per heavy atom. The number of rotatable bonds is 4. The van der Waals surface area contributed by atoms with Crippen LogP contribution in [-0.2, 0) is 0 Å². The molecule has 3 nitrogen and oxygen atoms in total. The maximum atomic E-state index is 13.2. The van der Waals surface area contributed by atoms with Gasteiger partial charge in [0.25, 0.3) is 0 Å². The number of carboxylic acids is 1. The van der Waals surface area contributed by atoms with E-state index in [0.717, 1.165) is 28.8 Å². The van der Waals surface area contributed by atoms with E-state index < -0.39 is 32.0 Å². The van der Waals surface area contributed by atoms with E-state index in [1.54, 1.807) is 12.1 Å². The van der Waals surface area contributed by atoms with Crippen molar-refractivity contribution in [2.75, 3.05) is 0 Å². The Morgan fingerprint density at radius 1 is 0.781 bits per heavy atom. The van der Waals surface area contributed by atoms with Gasteiger partial charge in [0.05, 0.1) is 16.8 Å². The first-order valence-electron chi connectivity index (χ1n) is 9.31. The number of fused-ring (bicyclic) bond motifs is 1. The average molecular weight is 465 g/mol. The molecule has 0 aliphatic carbocycles. The monoisotopic (exact) mass is 465 g/mol. The third kappa shape index (κ3) is 4.29. The molecule has 9 heteroatoms. The lowest BCUT2D eigenvalue weighted by molar-refractivity contribution is 0.0699. The number of carbonyl (C=O) groups is 1. The summed E-state index contributed by atoms with van der Waals surface area (Å²) < 4.78 is 65.9. The highest BCUT2D eigenvalue weighted by Gasteiger charge is 2.65. The van der Waals surface area contributed by atoms with E-state index in [9.17, 15) is 29.3 Å².